The second kappa shape index (κ2) is 5.63. The van der Waals surface area contributed by atoms with Gasteiger partial charge in [0.2, 0.25) is 5.91 Å². The molecule has 0 heterocycles. The summed E-state index contributed by atoms with van der Waals surface area (Å²) >= 11 is 7.48. The number of rotatable bonds is 2. The summed E-state index contributed by atoms with van der Waals surface area (Å²) in [5, 5.41) is 2.07. The number of anilines is 1. The first kappa shape index (κ1) is 14.2. The highest BCUT2D eigenvalue weighted by molar-refractivity contribution is 14.1. The van der Waals surface area contributed by atoms with Gasteiger partial charge in [-0.25, -0.2) is 9.18 Å². The molecular weight excluding hydrogens is 363 g/mol. The Kier molecular flexibility index (Phi) is 4.70. The number of carbonyl (C=O) groups is 2. The maximum absolute atomic E-state index is 13.8. The Balaban J connectivity index is 3.45. The summed E-state index contributed by atoms with van der Waals surface area (Å²) in [7, 11) is 1.17. The Labute approximate surface area is 116 Å². The highest BCUT2D eigenvalue weighted by atomic mass is 127. The molecule has 0 bridgehead atoms. The predicted molar refractivity (Wildman–Crippen MR) is 69.8 cm³/mol. The van der Waals surface area contributed by atoms with Crippen molar-refractivity contribution in [2.75, 3.05) is 12.4 Å². The average molecular weight is 372 g/mol. The minimum Gasteiger partial charge on any atom is -0.465 e. The van der Waals surface area contributed by atoms with Gasteiger partial charge in [-0.1, -0.05) is 11.6 Å². The van der Waals surface area contributed by atoms with Gasteiger partial charge in [0.25, 0.3) is 0 Å². The van der Waals surface area contributed by atoms with Crippen LogP contribution in [0.4, 0.5) is 10.1 Å². The molecule has 1 N–H and O–H groups in total. The molecule has 17 heavy (non-hydrogen) atoms. The highest BCUT2D eigenvalue weighted by Gasteiger charge is 2.21. The lowest BCUT2D eigenvalue weighted by Gasteiger charge is -2.11. The first-order valence-corrected chi connectivity index (χ1v) is 5.87. The summed E-state index contributed by atoms with van der Waals surface area (Å²) < 4.78 is 18.7. The van der Waals surface area contributed by atoms with Crippen molar-refractivity contribution >= 4 is 51.8 Å². The van der Waals surface area contributed by atoms with Crippen molar-refractivity contribution in [3.05, 3.63) is 26.0 Å². The number of amides is 1. The smallest absolute Gasteiger partial charge is 0.340 e. The van der Waals surface area contributed by atoms with Crippen molar-refractivity contribution in [2.24, 2.45) is 0 Å². The SMILES string of the molecule is COC(=O)c1cc(I)c(Cl)c(F)c1NC(C)=O. The van der Waals surface area contributed by atoms with Crippen molar-refractivity contribution in [3.63, 3.8) is 0 Å². The van der Waals surface area contributed by atoms with Crippen LogP contribution in [-0.2, 0) is 9.53 Å². The maximum Gasteiger partial charge on any atom is 0.340 e. The van der Waals surface area contributed by atoms with E-state index in [0.29, 0.717) is 3.57 Å². The van der Waals surface area contributed by atoms with E-state index < -0.39 is 17.7 Å². The van der Waals surface area contributed by atoms with Gasteiger partial charge in [-0.05, 0) is 28.7 Å². The molecule has 0 atom stereocenters. The highest BCUT2D eigenvalue weighted by Crippen LogP contribution is 2.31. The molecule has 0 aliphatic rings. The molecule has 0 fully saturated rings. The van der Waals surface area contributed by atoms with Crippen LogP contribution < -0.4 is 5.32 Å². The summed E-state index contributed by atoms with van der Waals surface area (Å²) in [6.45, 7) is 1.20. The number of hydrogen-bond acceptors (Lipinski definition) is 3. The average Bonchev–Trinajstić information content (AvgIpc) is 2.28. The summed E-state index contributed by atoms with van der Waals surface area (Å²) in [4.78, 5) is 22.4. The number of hydrogen-bond donors (Lipinski definition) is 1. The largest absolute Gasteiger partial charge is 0.465 e. The zero-order valence-corrected chi connectivity index (χ0v) is 11.8. The normalized spacial score (nSPS) is 9.94. The molecule has 0 saturated carbocycles. The lowest BCUT2D eigenvalue weighted by molar-refractivity contribution is -0.114. The van der Waals surface area contributed by atoms with Crippen molar-refractivity contribution < 1.29 is 18.7 Å². The van der Waals surface area contributed by atoms with Crippen LogP contribution in [0.3, 0.4) is 0 Å². The van der Waals surface area contributed by atoms with Gasteiger partial charge in [0.15, 0.2) is 5.82 Å². The van der Waals surface area contributed by atoms with E-state index in [-0.39, 0.29) is 16.3 Å². The fraction of sp³-hybridized carbons (Fsp3) is 0.200. The number of halogens is 3. The van der Waals surface area contributed by atoms with E-state index in [2.05, 4.69) is 10.1 Å². The third-order valence-electron chi connectivity index (χ3n) is 1.87. The Morgan fingerprint density at radius 3 is 2.59 bits per heavy atom. The zero-order chi connectivity index (χ0) is 13.2. The molecule has 1 rings (SSSR count). The van der Waals surface area contributed by atoms with Crippen molar-refractivity contribution in [1.82, 2.24) is 0 Å². The lowest BCUT2D eigenvalue weighted by Crippen LogP contribution is -2.14. The van der Waals surface area contributed by atoms with Crippen LogP contribution >= 0.6 is 34.2 Å². The molecule has 92 valence electrons. The molecule has 0 saturated heterocycles. The van der Waals surface area contributed by atoms with Gasteiger partial charge < -0.3 is 10.1 Å². The molecule has 0 aliphatic carbocycles. The number of nitrogens with one attached hydrogen (secondary N) is 1. The van der Waals surface area contributed by atoms with Gasteiger partial charge in [-0.2, -0.15) is 0 Å². The van der Waals surface area contributed by atoms with Crippen LogP contribution in [0.5, 0.6) is 0 Å². The number of ether oxygens (including phenoxy) is 1. The van der Waals surface area contributed by atoms with Crippen molar-refractivity contribution in [2.45, 2.75) is 6.92 Å². The summed E-state index contributed by atoms with van der Waals surface area (Å²) in [5.41, 5.74) is -0.344. The molecule has 1 amide bonds. The lowest BCUT2D eigenvalue weighted by atomic mass is 10.1. The number of carbonyl (C=O) groups excluding carboxylic acids is 2. The first-order valence-electron chi connectivity index (χ1n) is 4.41. The van der Waals surface area contributed by atoms with E-state index in [1.807, 2.05) is 0 Å². The van der Waals surface area contributed by atoms with E-state index in [9.17, 15) is 14.0 Å². The molecule has 1 aromatic carbocycles. The van der Waals surface area contributed by atoms with E-state index >= 15 is 0 Å². The Morgan fingerprint density at radius 2 is 2.12 bits per heavy atom. The van der Waals surface area contributed by atoms with Gasteiger partial charge >= 0.3 is 5.97 Å². The minimum atomic E-state index is -0.853. The van der Waals surface area contributed by atoms with Crippen molar-refractivity contribution in [3.8, 4) is 0 Å². The molecule has 0 radical (unpaired) electrons. The fourth-order valence-electron chi connectivity index (χ4n) is 1.16. The van der Waals surface area contributed by atoms with Gasteiger partial charge in [-0.15, -0.1) is 0 Å². The Morgan fingerprint density at radius 1 is 1.53 bits per heavy atom. The quantitative estimate of drug-likeness (QED) is 0.494. The van der Waals surface area contributed by atoms with Gasteiger partial charge in [0, 0.05) is 10.5 Å². The Bertz CT molecular complexity index is 493. The van der Waals surface area contributed by atoms with E-state index in [0.717, 1.165) is 0 Å². The van der Waals surface area contributed by atoms with Crippen LogP contribution in [0.15, 0.2) is 6.07 Å². The van der Waals surface area contributed by atoms with Gasteiger partial charge in [-0.3, -0.25) is 4.79 Å². The second-order valence-corrected chi connectivity index (χ2v) is 4.62. The number of benzene rings is 1. The van der Waals surface area contributed by atoms with Gasteiger partial charge in [0.1, 0.15) is 0 Å². The molecule has 0 spiro atoms. The Hall–Kier alpha value is -0.890. The van der Waals surface area contributed by atoms with Crippen LogP contribution in [0.25, 0.3) is 0 Å². The molecular formula is C10H8ClFINO3. The number of methoxy groups -OCH3 is 1. The van der Waals surface area contributed by atoms with E-state index in [1.54, 1.807) is 22.6 Å². The predicted octanol–water partition coefficient (Wildman–Crippen LogP) is 2.83. The van der Waals surface area contributed by atoms with E-state index in [4.69, 9.17) is 11.6 Å². The standard InChI is InChI=1S/C10H8ClFINO3/c1-4(15)14-9-5(10(16)17-2)3-6(13)7(11)8(9)12/h3H,1-2H3,(H,14,15). The topological polar surface area (TPSA) is 55.4 Å². The summed E-state index contributed by atoms with van der Waals surface area (Å²) in [6.07, 6.45) is 0. The molecule has 0 aromatic heterocycles. The number of esters is 1. The second-order valence-electron chi connectivity index (χ2n) is 3.08. The van der Waals surface area contributed by atoms with Crippen LogP contribution in [0, 0.1) is 9.39 Å². The minimum absolute atomic E-state index is 0.0750. The van der Waals surface area contributed by atoms with E-state index in [1.165, 1.54) is 20.1 Å². The van der Waals surface area contributed by atoms with Crippen LogP contribution in [0.2, 0.25) is 5.02 Å². The van der Waals surface area contributed by atoms with Crippen LogP contribution in [0.1, 0.15) is 17.3 Å². The zero-order valence-electron chi connectivity index (χ0n) is 8.94. The summed E-state index contributed by atoms with van der Waals surface area (Å²) in [5.74, 6) is -2.11. The third-order valence-corrected chi connectivity index (χ3v) is 3.41. The monoisotopic (exact) mass is 371 g/mol. The maximum atomic E-state index is 13.8. The molecule has 0 aliphatic heterocycles. The van der Waals surface area contributed by atoms with Crippen LogP contribution in [-0.4, -0.2) is 19.0 Å². The van der Waals surface area contributed by atoms with Crippen molar-refractivity contribution in [1.29, 1.82) is 0 Å². The molecule has 7 heteroatoms. The first-order chi connectivity index (χ1) is 7.88. The molecule has 0 unspecified atom stereocenters. The van der Waals surface area contributed by atoms with Gasteiger partial charge in [0.05, 0.1) is 23.4 Å². The summed E-state index contributed by atoms with van der Waals surface area (Å²) in [6, 6.07) is 1.35. The third kappa shape index (κ3) is 3.06. The molecule has 1 aromatic rings. The molecule has 4 nitrogen and oxygen atoms in total. The fourth-order valence-corrected chi connectivity index (χ4v) is 1.86.